The summed E-state index contributed by atoms with van der Waals surface area (Å²) in [5.74, 6) is 2.16. The Kier molecular flexibility index (Phi) is 2.97. The van der Waals surface area contributed by atoms with Crippen LogP contribution in [-0.2, 0) is 0 Å². The molecule has 3 fully saturated rings. The van der Waals surface area contributed by atoms with Gasteiger partial charge in [-0.2, -0.15) is 0 Å². The van der Waals surface area contributed by atoms with Crippen LogP contribution in [0.25, 0.3) is 0 Å². The fraction of sp³-hybridized carbons (Fsp3) is 1.00. The van der Waals surface area contributed by atoms with Crippen LogP contribution in [-0.4, -0.2) is 48.1 Å². The number of piperazine rings is 1. The Bertz CT molecular complexity index is 243. The van der Waals surface area contributed by atoms with Gasteiger partial charge in [-0.1, -0.05) is 6.42 Å². The molecule has 1 heterocycles. The summed E-state index contributed by atoms with van der Waals surface area (Å²) in [5, 5.41) is 0. The van der Waals surface area contributed by atoms with E-state index in [1.54, 1.807) is 6.42 Å². The number of hydrogen-bond acceptors (Lipinski definition) is 2. The van der Waals surface area contributed by atoms with E-state index in [2.05, 4.69) is 23.6 Å². The Morgan fingerprint density at radius 1 is 0.938 bits per heavy atom. The average molecular weight is 222 g/mol. The molecule has 0 N–H and O–H groups in total. The topological polar surface area (TPSA) is 6.48 Å². The first-order valence-electron chi connectivity index (χ1n) is 7.22. The van der Waals surface area contributed by atoms with Gasteiger partial charge < -0.3 is 0 Å². The maximum absolute atomic E-state index is 2.81. The van der Waals surface area contributed by atoms with Crippen LogP contribution < -0.4 is 0 Å². The zero-order valence-corrected chi connectivity index (χ0v) is 10.9. The van der Waals surface area contributed by atoms with Gasteiger partial charge in [0.25, 0.3) is 0 Å². The third kappa shape index (κ3) is 1.91. The molecule has 1 saturated heterocycles. The van der Waals surface area contributed by atoms with E-state index in [4.69, 9.17) is 0 Å². The lowest BCUT2D eigenvalue weighted by Gasteiger charge is -2.42. The molecule has 2 saturated carbocycles. The van der Waals surface area contributed by atoms with Crippen molar-refractivity contribution in [3.8, 4) is 0 Å². The van der Waals surface area contributed by atoms with Gasteiger partial charge >= 0.3 is 0 Å². The van der Waals surface area contributed by atoms with Gasteiger partial charge in [0.1, 0.15) is 0 Å². The SMILES string of the molecule is CC(C)N1CCN([C@@H]2C[C@H]3CC[C@H]2C3)CC1. The van der Waals surface area contributed by atoms with Crippen LogP contribution in [0, 0.1) is 11.8 Å². The summed E-state index contributed by atoms with van der Waals surface area (Å²) in [4.78, 5) is 5.44. The molecule has 0 radical (unpaired) electrons. The minimum Gasteiger partial charge on any atom is -0.298 e. The van der Waals surface area contributed by atoms with Crippen LogP contribution >= 0.6 is 0 Å². The van der Waals surface area contributed by atoms with E-state index in [0.29, 0.717) is 0 Å². The molecule has 92 valence electrons. The number of fused-ring (bicyclic) bond motifs is 2. The fourth-order valence-corrected chi connectivity index (χ4v) is 4.24. The molecule has 2 aliphatic carbocycles. The van der Waals surface area contributed by atoms with Crippen LogP contribution in [0.3, 0.4) is 0 Å². The van der Waals surface area contributed by atoms with E-state index in [0.717, 1.165) is 23.9 Å². The molecule has 0 aromatic carbocycles. The Hall–Kier alpha value is -0.0800. The molecule has 2 heteroatoms. The van der Waals surface area contributed by atoms with Crippen molar-refractivity contribution in [2.45, 2.75) is 51.6 Å². The van der Waals surface area contributed by atoms with E-state index >= 15 is 0 Å². The molecule has 3 atom stereocenters. The quantitative estimate of drug-likeness (QED) is 0.707. The van der Waals surface area contributed by atoms with Crippen LogP contribution in [0.2, 0.25) is 0 Å². The van der Waals surface area contributed by atoms with Gasteiger partial charge in [-0.25, -0.2) is 0 Å². The van der Waals surface area contributed by atoms with Crippen LogP contribution in [0.15, 0.2) is 0 Å². The highest BCUT2D eigenvalue weighted by Gasteiger charge is 2.42. The lowest BCUT2D eigenvalue weighted by atomic mass is 9.93. The summed E-state index contributed by atoms with van der Waals surface area (Å²) in [6.07, 6.45) is 6.13. The molecule has 0 aromatic rings. The van der Waals surface area contributed by atoms with Crippen LogP contribution in [0.1, 0.15) is 39.5 Å². The predicted octanol–water partition coefficient (Wildman–Crippen LogP) is 2.20. The molecule has 0 unspecified atom stereocenters. The summed E-state index contributed by atoms with van der Waals surface area (Å²) in [7, 11) is 0. The van der Waals surface area contributed by atoms with Crippen LogP contribution in [0.5, 0.6) is 0 Å². The molecule has 0 aromatic heterocycles. The summed E-state index contributed by atoms with van der Waals surface area (Å²) < 4.78 is 0. The third-order valence-electron chi connectivity index (χ3n) is 5.25. The van der Waals surface area contributed by atoms with Crippen molar-refractivity contribution in [1.82, 2.24) is 9.80 Å². The second-order valence-corrected chi connectivity index (χ2v) is 6.41. The third-order valence-corrected chi connectivity index (χ3v) is 5.25. The highest BCUT2D eigenvalue weighted by Crippen LogP contribution is 2.46. The lowest BCUT2D eigenvalue weighted by Crippen LogP contribution is -2.53. The van der Waals surface area contributed by atoms with Crippen molar-refractivity contribution >= 4 is 0 Å². The first-order chi connectivity index (χ1) is 7.74. The lowest BCUT2D eigenvalue weighted by molar-refractivity contribution is 0.0577. The predicted molar refractivity (Wildman–Crippen MR) is 67.5 cm³/mol. The molecule has 0 amide bonds. The van der Waals surface area contributed by atoms with E-state index in [1.807, 2.05) is 0 Å². The Balaban J connectivity index is 1.54. The second kappa shape index (κ2) is 4.30. The van der Waals surface area contributed by atoms with Gasteiger partial charge in [-0.3, -0.25) is 9.80 Å². The van der Waals surface area contributed by atoms with Gasteiger partial charge in [0, 0.05) is 38.3 Å². The number of rotatable bonds is 2. The highest BCUT2D eigenvalue weighted by molar-refractivity contribution is 4.96. The summed E-state index contributed by atoms with van der Waals surface area (Å²) in [6.45, 7) is 9.90. The number of nitrogens with zero attached hydrogens (tertiary/aromatic N) is 2. The summed E-state index contributed by atoms with van der Waals surface area (Å²) in [5.41, 5.74) is 0. The molecule has 1 aliphatic heterocycles. The van der Waals surface area contributed by atoms with Crippen molar-refractivity contribution < 1.29 is 0 Å². The molecule has 3 rings (SSSR count). The molecule has 0 spiro atoms. The summed E-state index contributed by atoms with van der Waals surface area (Å²) >= 11 is 0. The molecule has 16 heavy (non-hydrogen) atoms. The number of hydrogen-bond donors (Lipinski definition) is 0. The maximum atomic E-state index is 2.81. The first kappa shape index (κ1) is 11.0. The Morgan fingerprint density at radius 3 is 2.19 bits per heavy atom. The zero-order chi connectivity index (χ0) is 11.1. The van der Waals surface area contributed by atoms with Crippen molar-refractivity contribution in [1.29, 1.82) is 0 Å². The van der Waals surface area contributed by atoms with Crippen molar-refractivity contribution in [3.05, 3.63) is 0 Å². The maximum Gasteiger partial charge on any atom is 0.0127 e. The monoisotopic (exact) mass is 222 g/mol. The minimum absolute atomic E-state index is 0.738. The smallest absolute Gasteiger partial charge is 0.0127 e. The molecular formula is C14H26N2. The molecule has 3 aliphatic rings. The first-order valence-corrected chi connectivity index (χ1v) is 7.22. The van der Waals surface area contributed by atoms with Gasteiger partial charge in [0.2, 0.25) is 0 Å². The highest BCUT2D eigenvalue weighted by atomic mass is 15.3. The van der Waals surface area contributed by atoms with Crippen molar-refractivity contribution in [2.75, 3.05) is 26.2 Å². The largest absolute Gasteiger partial charge is 0.298 e. The molecular weight excluding hydrogens is 196 g/mol. The van der Waals surface area contributed by atoms with Gasteiger partial charge in [0.15, 0.2) is 0 Å². The zero-order valence-electron chi connectivity index (χ0n) is 10.9. The standard InChI is InChI=1S/C14H26N2/c1-11(2)15-5-7-16(8-6-15)14-10-12-3-4-13(14)9-12/h11-14H,3-10H2,1-2H3/t12-,13-,14+/m0/s1. The van der Waals surface area contributed by atoms with E-state index in [-0.39, 0.29) is 0 Å². The Morgan fingerprint density at radius 2 is 1.69 bits per heavy atom. The van der Waals surface area contributed by atoms with Gasteiger partial charge in [0.05, 0.1) is 0 Å². The average Bonchev–Trinajstić information content (AvgIpc) is 2.91. The summed E-state index contributed by atoms with van der Waals surface area (Å²) in [6, 6.07) is 1.70. The van der Waals surface area contributed by atoms with Crippen molar-refractivity contribution in [2.24, 2.45) is 11.8 Å². The molecule has 2 nitrogen and oxygen atoms in total. The Labute approximate surface area is 100.0 Å². The van der Waals surface area contributed by atoms with Gasteiger partial charge in [-0.15, -0.1) is 0 Å². The fourth-order valence-electron chi connectivity index (χ4n) is 4.24. The van der Waals surface area contributed by atoms with E-state index in [9.17, 15) is 0 Å². The van der Waals surface area contributed by atoms with Gasteiger partial charge in [-0.05, 0) is 44.9 Å². The van der Waals surface area contributed by atoms with E-state index in [1.165, 1.54) is 45.4 Å². The van der Waals surface area contributed by atoms with Crippen LogP contribution in [0.4, 0.5) is 0 Å². The van der Waals surface area contributed by atoms with Crippen molar-refractivity contribution in [3.63, 3.8) is 0 Å². The normalized spacial score (nSPS) is 41.1. The molecule has 2 bridgehead atoms. The van der Waals surface area contributed by atoms with E-state index < -0.39 is 0 Å². The minimum atomic E-state index is 0.738. The second-order valence-electron chi connectivity index (χ2n) is 6.41.